The van der Waals surface area contributed by atoms with Crippen molar-refractivity contribution in [2.75, 3.05) is 39.2 Å². The van der Waals surface area contributed by atoms with Gasteiger partial charge in [0.15, 0.2) is 0 Å². The Hall–Kier alpha value is -1.75. The fourth-order valence-corrected chi connectivity index (χ4v) is 3.04. The van der Waals surface area contributed by atoms with E-state index in [2.05, 4.69) is 12.2 Å². The molecule has 5 nitrogen and oxygen atoms in total. The van der Waals surface area contributed by atoms with Gasteiger partial charge in [-0.3, -0.25) is 4.79 Å². The summed E-state index contributed by atoms with van der Waals surface area (Å²) < 4.78 is 10.5. The summed E-state index contributed by atoms with van der Waals surface area (Å²) in [5.41, 5.74) is 0.661. The molecule has 0 radical (unpaired) electrons. The number of anilines is 1. The van der Waals surface area contributed by atoms with E-state index in [0.717, 1.165) is 12.5 Å². The van der Waals surface area contributed by atoms with E-state index in [1.54, 1.807) is 26.4 Å². The minimum Gasteiger partial charge on any atom is -0.497 e. The van der Waals surface area contributed by atoms with Crippen LogP contribution in [-0.4, -0.2) is 39.8 Å². The normalized spacial score (nSPS) is 21.2. The number of nitrogens with one attached hydrogen (secondary N) is 2. The monoisotopic (exact) mass is 307 g/mol. The van der Waals surface area contributed by atoms with Gasteiger partial charge in [-0.15, -0.1) is 0 Å². The van der Waals surface area contributed by atoms with Gasteiger partial charge >= 0.3 is 0 Å². The zero-order chi connectivity index (χ0) is 15.9. The zero-order valence-corrected chi connectivity index (χ0v) is 13.8. The largest absolute Gasteiger partial charge is 0.497 e. The van der Waals surface area contributed by atoms with E-state index in [1.165, 1.54) is 30.8 Å². The first kappa shape index (κ1) is 16.6. The summed E-state index contributed by atoms with van der Waals surface area (Å²) in [6.45, 7) is 5.54. The van der Waals surface area contributed by atoms with Gasteiger partial charge in [-0.05, 0) is 25.0 Å². The van der Waals surface area contributed by atoms with E-state index >= 15 is 0 Å². The minimum atomic E-state index is 0.0253. The molecule has 5 heteroatoms. The Bertz CT molecular complexity index is 505. The second kappa shape index (κ2) is 8.03. The average Bonchev–Trinajstić information content (AvgIpc) is 2.53. The van der Waals surface area contributed by atoms with Crippen LogP contribution in [0.5, 0.6) is 11.5 Å². The van der Waals surface area contributed by atoms with Crippen molar-refractivity contribution in [3.8, 4) is 11.5 Å². The smallest absolute Gasteiger partial charge is 0.230 e. The summed E-state index contributed by atoms with van der Waals surface area (Å²) >= 11 is 0. The highest BCUT2D eigenvalue weighted by Crippen LogP contribution is 2.28. The van der Waals surface area contributed by atoms with E-state index in [9.17, 15) is 4.79 Å². The molecule has 0 saturated carbocycles. The number of hydrogen-bond donors (Lipinski definition) is 2. The van der Waals surface area contributed by atoms with Crippen LogP contribution in [0.2, 0.25) is 0 Å². The highest BCUT2D eigenvalue weighted by molar-refractivity contribution is 5.92. The Morgan fingerprint density at radius 3 is 2.86 bits per heavy atom. The van der Waals surface area contributed by atoms with Crippen molar-refractivity contribution in [3.05, 3.63) is 18.2 Å². The van der Waals surface area contributed by atoms with Crippen molar-refractivity contribution in [2.45, 2.75) is 26.2 Å². The maximum atomic E-state index is 12.2. The standard InChI is InChI=1S/C17H26N2O3/c1-13-5-4-9-19(12-13)10-8-17(20)18-15-11-14(21-2)6-7-16(15)22-3/h6-7,11,13H,4-5,8-10,12H2,1-3H3,(H,18,20)/p+1. The molecule has 1 aromatic carbocycles. The molecule has 1 heterocycles. The summed E-state index contributed by atoms with van der Waals surface area (Å²) in [5.74, 6) is 2.14. The summed E-state index contributed by atoms with van der Waals surface area (Å²) in [6.07, 6.45) is 3.11. The molecule has 2 rings (SSSR count). The maximum Gasteiger partial charge on any atom is 0.230 e. The first-order chi connectivity index (χ1) is 10.6. The number of quaternary nitrogens is 1. The van der Waals surface area contributed by atoms with Crippen molar-refractivity contribution in [1.82, 2.24) is 0 Å². The van der Waals surface area contributed by atoms with Crippen LogP contribution < -0.4 is 19.7 Å². The molecule has 2 N–H and O–H groups in total. The quantitative estimate of drug-likeness (QED) is 0.834. The Morgan fingerprint density at radius 1 is 1.36 bits per heavy atom. The zero-order valence-electron chi connectivity index (χ0n) is 13.8. The summed E-state index contributed by atoms with van der Waals surface area (Å²) in [4.78, 5) is 13.7. The van der Waals surface area contributed by atoms with Gasteiger partial charge < -0.3 is 19.7 Å². The predicted molar refractivity (Wildman–Crippen MR) is 86.8 cm³/mol. The van der Waals surface area contributed by atoms with E-state index in [0.29, 0.717) is 23.6 Å². The van der Waals surface area contributed by atoms with Gasteiger partial charge in [0, 0.05) is 12.0 Å². The van der Waals surface area contributed by atoms with Crippen LogP contribution in [0.4, 0.5) is 5.69 Å². The molecule has 1 aliphatic heterocycles. The second-order valence-corrected chi connectivity index (χ2v) is 6.07. The molecule has 0 bridgehead atoms. The van der Waals surface area contributed by atoms with Gasteiger partial charge in [-0.25, -0.2) is 0 Å². The summed E-state index contributed by atoms with van der Waals surface area (Å²) in [5, 5.41) is 2.93. The molecule has 1 fully saturated rings. The lowest BCUT2D eigenvalue weighted by atomic mass is 10.0. The third-order valence-corrected chi connectivity index (χ3v) is 4.25. The van der Waals surface area contributed by atoms with E-state index in [1.807, 2.05) is 6.07 Å². The maximum absolute atomic E-state index is 12.2. The SMILES string of the molecule is COc1ccc(OC)c(NC(=O)CC[NH+]2CCCC(C)C2)c1. The fraction of sp³-hybridized carbons (Fsp3) is 0.588. The fourth-order valence-electron chi connectivity index (χ4n) is 3.04. The number of amides is 1. The lowest BCUT2D eigenvalue weighted by molar-refractivity contribution is -0.907. The number of carbonyl (C=O) groups excluding carboxylic acids is 1. The van der Waals surface area contributed by atoms with Crippen molar-refractivity contribution in [2.24, 2.45) is 5.92 Å². The lowest BCUT2D eigenvalue weighted by Gasteiger charge is -2.27. The molecular weight excluding hydrogens is 280 g/mol. The highest BCUT2D eigenvalue weighted by Gasteiger charge is 2.20. The molecule has 2 atom stereocenters. The third kappa shape index (κ3) is 4.63. The second-order valence-electron chi connectivity index (χ2n) is 6.07. The molecule has 2 unspecified atom stereocenters. The number of rotatable bonds is 6. The van der Waals surface area contributed by atoms with Crippen LogP contribution in [0.1, 0.15) is 26.2 Å². The van der Waals surface area contributed by atoms with Gasteiger partial charge in [0.05, 0.1) is 46.0 Å². The molecule has 122 valence electrons. The number of piperidine rings is 1. The molecule has 1 aliphatic rings. The summed E-state index contributed by atoms with van der Waals surface area (Å²) in [7, 11) is 3.20. The molecule has 1 saturated heterocycles. The molecule has 0 aliphatic carbocycles. The molecule has 22 heavy (non-hydrogen) atoms. The Balaban J connectivity index is 1.88. The molecule has 0 spiro atoms. The lowest BCUT2D eigenvalue weighted by Crippen LogP contribution is -3.13. The number of ether oxygens (including phenoxy) is 2. The minimum absolute atomic E-state index is 0.0253. The molecule has 1 aromatic rings. The Morgan fingerprint density at radius 2 is 2.18 bits per heavy atom. The van der Waals surface area contributed by atoms with Crippen LogP contribution >= 0.6 is 0 Å². The Kier molecular flexibility index (Phi) is 6.07. The average molecular weight is 307 g/mol. The number of likely N-dealkylation sites (tertiary alicyclic amines) is 1. The van der Waals surface area contributed by atoms with E-state index in [4.69, 9.17) is 9.47 Å². The number of hydrogen-bond acceptors (Lipinski definition) is 3. The van der Waals surface area contributed by atoms with Crippen molar-refractivity contribution >= 4 is 11.6 Å². The summed E-state index contributed by atoms with van der Waals surface area (Å²) in [6, 6.07) is 5.40. The van der Waals surface area contributed by atoms with Crippen molar-refractivity contribution in [1.29, 1.82) is 0 Å². The molecular formula is C17H27N2O3+. The number of carbonyl (C=O) groups is 1. The van der Waals surface area contributed by atoms with E-state index in [-0.39, 0.29) is 5.91 Å². The first-order valence-corrected chi connectivity index (χ1v) is 7.97. The van der Waals surface area contributed by atoms with Crippen LogP contribution in [0.15, 0.2) is 18.2 Å². The number of benzene rings is 1. The van der Waals surface area contributed by atoms with Gasteiger partial charge in [-0.1, -0.05) is 6.92 Å². The molecule has 1 amide bonds. The first-order valence-electron chi connectivity index (χ1n) is 7.97. The highest BCUT2D eigenvalue weighted by atomic mass is 16.5. The number of methoxy groups -OCH3 is 2. The van der Waals surface area contributed by atoms with Crippen LogP contribution in [0.3, 0.4) is 0 Å². The van der Waals surface area contributed by atoms with Crippen LogP contribution in [0, 0.1) is 5.92 Å². The van der Waals surface area contributed by atoms with Crippen molar-refractivity contribution in [3.63, 3.8) is 0 Å². The topological polar surface area (TPSA) is 52.0 Å². The third-order valence-electron chi connectivity index (χ3n) is 4.25. The predicted octanol–water partition coefficient (Wildman–Crippen LogP) is 1.35. The van der Waals surface area contributed by atoms with E-state index < -0.39 is 0 Å². The molecule has 0 aromatic heterocycles. The van der Waals surface area contributed by atoms with Crippen LogP contribution in [0.25, 0.3) is 0 Å². The van der Waals surface area contributed by atoms with Gasteiger partial charge in [0.2, 0.25) is 5.91 Å². The van der Waals surface area contributed by atoms with Gasteiger partial charge in [-0.2, -0.15) is 0 Å². The van der Waals surface area contributed by atoms with Gasteiger partial charge in [0.25, 0.3) is 0 Å². The van der Waals surface area contributed by atoms with Crippen molar-refractivity contribution < 1.29 is 19.2 Å². The van der Waals surface area contributed by atoms with Gasteiger partial charge in [0.1, 0.15) is 11.5 Å². The van der Waals surface area contributed by atoms with Crippen LogP contribution in [-0.2, 0) is 4.79 Å². The Labute approximate surface area is 132 Å².